The Kier molecular flexibility index (Phi) is 9.41. The molecule has 2 N–H and O–H groups in total. The van der Waals surface area contributed by atoms with Gasteiger partial charge in [0.15, 0.2) is 0 Å². The largest absolute Gasteiger partial charge is 0.461 e. The van der Waals surface area contributed by atoms with Crippen molar-refractivity contribution in [3.05, 3.63) is 75.6 Å². The molecule has 0 bridgehead atoms. The highest BCUT2D eigenvalue weighted by Gasteiger charge is 2.37. The average molecular weight is 602 g/mol. The third-order valence-corrected chi connectivity index (χ3v) is 10.0. The summed E-state index contributed by atoms with van der Waals surface area (Å²) in [4.78, 5) is 39.1. The molecule has 0 spiro atoms. The predicted octanol–water partition coefficient (Wildman–Crippen LogP) is 4.79. The molecule has 2 fully saturated rings. The molecule has 1 saturated carbocycles. The van der Waals surface area contributed by atoms with Gasteiger partial charge in [0.2, 0.25) is 0 Å². The van der Waals surface area contributed by atoms with Crippen LogP contribution in [0.4, 0.5) is 0 Å². The average Bonchev–Trinajstić information content (AvgIpc) is 3.32. The summed E-state index contributed by atoms with van der Waals surface area (Å²) in [5.74, 6) is 0.131. The maximum atomic E-state index is 13.0. The lowest BCUT2D eigenvalue weighted by Crippen LogP contribution is -2.37. The van der Waals surface area contributed by atoms with Crippen LogP contribution in [0.25, 0.3) is 10.8 Å². The molecule has 1 saturated heterocycles. The number of nitrogens with one attached hydrogen (secondary N) is 2. The number of benzene rings is 2. The third kappa shape index (κ3) is 7.34. The van der Waals surface area contributed by atoms with Crippen LogP contribution in [-0.4, -0.2) is 40.4 Å². The van der Waals surface area contributed by atoms with E-state index in [2.05, 4.69) is 10.1 Å². The summed E-state index contributed by atoms with van der Waals surface area (Å²) in [5, 5.41) is 5.00. The van der Waals surface area contributed by atoms with Crippen molar-refractivity contribution in [3.63, 3.8) is 0 Å². The molecule has 5 atom stereocenters. The van der Waals surface area contributed by atoms with Gasteiger partial charge in [-0.05, 0) is 62.3 Å². The fraction of sp³-hybridized carbons (Fsp3) is 0.483. The Morgan fingerprint density at radius 3 is 2.68 bits per heavy atom. The van der Waals surface area contributed by atoms with E-state index in [1.807, 2.05) is 49.4 Å². The van der Waals surface area contributed by atoms with Gasteiger partial charge < -0.3 is 18.5 Å². The van der Waals surface area contributed by atoms with Gasteiger partial charge in [-0.15, -0.1) is 0 Å². The van der Waals surface area contributed by atoms with Crippen molar-refractivity contribution in [2.45, 2.75) is 76.9 Å². The number of fused-ring (bicyclic) bond motifs is 1. The van der Waals surface area contributed by atoms with Crippen LogP contribution in [0.5, 0.6) is 5.75 Å². The van der Waals surface area contributed by atoms with Crippen LogP contribution in [0.1, 0.15) is 58.6 Å². The first-order chi connectivity index (χ1) is 19.7. The van der Waals surface area contributed by atoms with Crippen LogP contribution in [0.15, 0.2) is 64.3 Å². The Balaban J connectivity index is 1.32. The zero-order chi connectivity index (χ0) is 29.0. The van der Waals surface area contributed by atoms with Crippen molar-refractivity contribution in [3.8, 4) is 5.75 Å². The fourth-order valence-electron chi connectivity index (χ4n) is 5.41. The Hall–Kier alpha value is -2.82. The standard InChI is InChI=1S/C29H36N3O7PS/c1-19-17-23(37-27(19)32-16-15-26(33)30-29(32)35)18-36-40(41,31-20(2)28(34)38-22-11-4-3-5-12-22)39-25-14-8-10-21-9-6-7-13-24(21)25/h6-10,13-16,19-20,22-23,27H,3-5,11-12,17-18H2,1-2H3,(H,31,41)(H,30,33,35)/t19-,20?,23-,27+,40?/m0/s1. The normalized spacial score (nSPS) is 23.6. The lowest BCUT2D eigenvalue weighted by Gasteiger charge is -2.29. The number of nitrogens with zero attached hydrogens (tertiary/aromatic N) is 1. The summed E-state index contributed by atoms with van der Waals surface area (Å²) in [5.41, 5.74) is -1.00. The van der Waals surface area contributed by atoms with E-state index >= 15 is 0 Å². The minimum Gasteiger partial charge on any atom is -0.461 e. The molecule has 220 valence electrons. The molecular weight excluding hydrogens is 565 g/mol. The smallest absolute Gasteiger partial charge is 0.330 e. The van der Waals surface area contributed by atoms with Crippen molar-refractivity contribution in [1.29, 1.82) is 0 Å². The first-order valence-corrected chi connectivity index (χ1v) is 16.7. The number of aromatic nitrogens is 2. The minimum absolute atomic E-state index is 0.0265. The Morgan fingerprint density at radius 1 is 1.15 bits per heavy atom. The molecular formula is C29H36N3O7PS. The molecule has 10 nitrogen and oxygen atoms in total. The Morgan fingerprint density at radius 2 is 1.90 bits per heavy atom. The van der Waals surface area contributed by atoms with Gasteiger partial charge in [-0.1, -0.05) is 49.7 Å². The van der Waals surface area contributed by atoms with E-state index in [0.717, 1.165) is 42.9 Å². The summed E-state index contributed by atoms with van der Waals surface area (Å²) in [6.07, 6.45) is 5.99. The second-order valence-electron chi connectivity index (χ2n) is 10.8. The molecule has 1 aromatic heterocycles. The molecule has 0 radical (unpaired) electrons. The van der Waals surface area contributed by atoms with E-state index < -0.39 is 36.3 Å². The third-order valence-electron chi connectivity index (χ3n) is 7.52. The van der Waals surface area contributed by atoms with Crippen molar-refractivity contribution in [2.24, 2.45) is 5.92 Å². The summed E-state index contributed by atoms with van der Waals surface area (Å²) >= 11 is 5.97. The van der Waals surface area contributed by atoms with Gasteiger partial charge in [0.25, 0.3) is 5.56 Å². The molecule has 2 aromatic carbocycles. The predicted molar refractivity (Wildman–Crippen MR) is 159 cm³/mol. The molecule has 1 aliphatic heterocycles. The lowest BCUT2D eigenvalue weighted by atomic mass is 9.98. The highest BCUT2D eigenvalue weighted by Crippen LogP contribution is 2.48. The van der Waals surface area contributed by atoms with E-state index in [-0.39, 0.29) is 24.6 Å². The van der Waals surface area contributed by atoms with Gasteiger partial charge >= 0.3 is 18.3 Å². The van der Waals surface area contributed by atoms with Gasteiger partial charge in [0, 0.05) is 23.6 Å². The van der Waals surface area contributed by atoms with E-state index in [9.17, 15) is 14.4 Å². The van der Waals surface area contributed by atoms with E-state index in [0.29, 0.717) is 12.2 Å². The number of rotatable bonds is 10. The highest BCUT2D eigenvalue weighted by molar-refractivity contribution is 8.09. The van der Waals surface area contributed by atoms with Crippen molar-refractivity contribution in [1.82, 2.24) is 14.6 Å². The molecule has 3 aromatic rings. The molecule has 2 unspecified atom stereocenters. The van der Waals surface area contributed by atoms with Crippen LogP contribution < -0.4 is 20.9 Å². The quantitative estimate of drug-likeness (QED) is 0.250. The lowest BCUT2D eigenvalue weighted by molar-refractivity contribution is -0.152. The first kappa shape index (κ1) is 29.7. The van der Waals surface area contributed by atoms with Gasteiger partial charge in [0.1, 0.15) is 24.1 Å². The summed E-state index contributed by atoms with van der Waals surface area (Å²) in [6.45, 7) is 0.447. The van der Waals surface area contributed by atoms with Crippen molar-refractivity contribution in [2.75, 3.05) is 6.61 Å². The fourth-order valence-corrected chi connectivity index (χ4v) is 7.85. The van der Waals surface area contributed by atoms with Crippen LogP contribution in [0.3, 0.4) is 0 Å². The van der Waals surface area contributed by atoms with Gasteiger partial charge in [-0.25, -0.2) is 9.88 Å². The van der Waals surface area contributed by atoms with E-state index in [4.69, 9.17) is 30.3 Å². The zero-order valence-corrected chi connectivity index (χ0v) is 24.9. The van der Waals surface area contributed by atoms with E-state index in [1.165, 1.54) is 16.8 Å². The van der Waals surface area contributed by atoms with Gasteiger partial charge in [-0.3, -0.25) is 19.1 Å². The Bertz CT molecular complexity index is 1530. The van der Waals surface area contributed by atoms with Crippen LogP contribution in [0.2, 0.25) is 0 Å². The number of carbonyl (C=O) groups is 1. The zero-order valence-electron chi connectivity index (χ0n) is 23.2. The number of hydrogen-bond acceptors (Lipinski definition) is 8. The maximum absolute atomic E-state index is 13.0. The summed E-state index contributed by atoms with van der Waals surface area (Å²) in [6, 6.07) is 14.0. The van der Waals surface area contributed by atoms with Crippen LogP contribution in [0, 0.1) is 5.92 Å². The number of hydrogen-bond donors (Lipinski definition) is 2. The molecule has 1 aliphatic carbocycles. The van der Waals surface area contributed by atoms with Crippen molar-refractivity contribution < 1.29 is 23.3 Å². The molecule has 41 heavy (non-hydrogen) atoms. The molecule has 2 aliphatic rings. The van der Waals surface area contributed by atoms with Gasteiger partial charge in [-0.2, -0.15) is 0 Å². The molecule has 5 rings (SSSR count). The Labute approximate surface area is 243 Å². The molecule has 0 amide bonds. The number of ether oxygens (including phenoxy) is 2. The second-order valence-corrected chi connectivity index (χ2v) is 13.9. The minimum atomic E-state index is -3.30. The van der Waals surface area contributed by atoms with Crippen LogP contribution in [-0.2, 0) is 30.6 Å². The topological polar surface area (TPSA) is 121 Å². The van der Waals surface area contributed by atoms with Gasteiger partial charge in [0.05, 0.1) is 12.7 Å². The first-order valence-electron chi connectivity index (χ1n) is 14.1. The number of H-pyrrole nitrogens is 1. The van der Waals surface area contributed by atoms with E-state index in [1.54, 1.807) is 6.92 Å². The molecule has 2 heterocycles. The summed E-state index contributed by atoms with van der Waals surface area (Å²) in [7, 11) is 0. The molecule has 12 heteroatoms. The maximum Gasteiger partial charge on any atom is 0.330 e. The second kappa shape index (κ2) is 13.0. The highest BCUT2D eigenvalue weighted by atomic mass is 32.5. The number of carbonyl (C=O) groups excluding carboxylic acids is 1. The monoisotopic (exact) mass is 601 g/mol. The summed E-state index contributed by atoms with van der Waals surface area (Å²) < 4.78 is 26.0. The van der Waals surface area contributed by atoms with Crippen LogP contribution >= 0.6 is 6.64 Å². The van der Waals surface area contributed by atoms with Crippen molar-refractivity contribution >= 4 is 35.2 Å². The number of aromatic amines is 1. The SMILES string of the molecule is CC(NP(=S)(OC[C@@H]1C[C@H](C)[C@H](n2ccc(=O)[nH]c2=O)O1)Oc1cccc2ccccc12)C(=O)OC1CCCCC1. The number of esters is 1.